The molecule has 5 heteroatoms. The fourth-order valence-corrected chi connectivity index (χ4v) is 3.51. The number of amides is 1. The summed E-state index contributed by atoms with van der Waals surface area (Å²) in [6.07, 6.45) is 0.294. The van der Waals surface area contributed by atoms with Crippen LogP contribution in [0.15, 0.2) is 13.6 Å². The van der Waals surface area contributed by atoms with Gasteiger partial charge in [0.15, 0.2) is 0 Å². The van der Waals surface area contributed by atoms with E-state index in [0.717, 1.165) is 13.1 Å². The zero-order valence-corrected chi connectivity index (χ0v) is 9.42. The standard InChI is InChI=1S/C6H5Br2NOS/c7-4-1-3(2-5(9)10)6(8)11-4/h1H,2H2,(H2,9,10). The Bertz CT molecular complexity index is 284. The molecule has 0 unspecified atom stereocenters. The number of halogens is 2. The fraction of sp³-hybridized carbons (Fsp3) is 0.167. The lowest BCUT2D eigenvalue weighted by atomic mass is 10.2. The third kappa shape index (κ3) is 2.57. The average Bonchev–Trinajstić information content (AvgIpc) is 2.09. The number of nitrogens with two attached hydrogens (primary N) is 1. The molecule has 60 valence electrons. The second kappa shape index (κ2) is 3.69. The van der Waals surface area contributed by atoms with E-state index >= 15 is 0 Å². The highest BCUT2D eigenvalue weighted by Gasteiger charge is 2.06. The number of rotatable bonds is 2. The van der Waals surface area contributed by atoms with Gasteiger partial charge >= 0.3 is 0 Å². The van der Waals surface area contributed by atoms with Crippen LogP contribution in [0.2, 0.25) is 0 Å². The molecule has 0 spiro atoms. The van der Waals surface area contributed by atoms with Crippen molar-refractivity contribution in [2.75, 3.05) is 0 Å². The maximum Gasteiger partial charge on any atom is 0.221 e. The Labute approximate surface area is 85.0 Å². The number of hydrogen-bond donors (Lipinski definition) is 1. The van der Waals surface area contributed by atoms with Crippen LogP contribution in [-0.4, -0.2) is 5.91 Å². The molecule has 0 aliphatic carbocycles. The zero-order chi connectivity index (χ0) is 8.43. The van der Waals surface area contributed by atoms with Crippen molar-refractivity contribution in [3.63, 3.8) is 0 Å². The van der Waals surface area contributed by atoms with E-state index in [4.69, 9.17) is 5.73 Å². The summed E-state index contributed by atoms with van der Waals surface area (Å²) in [6, 6.07) is 1.89. The zero-order valence-electron chi connectivity index (χ0n) is 5.43. The lowest BCUT2D eigenvalue weighted by molar-refractivity contribution is -0.117. The third-order valence-corrected chi connectivity index (χ3v) is 3.56. The van der Waals surface area contributed by atoms with E-state index in [-0.39, 0.29) is 5.91 Å². The van der Waals surface area contributed by atoms with E-state index in [2.05, 4.69) is 31.9 Å². The molecule has 0 saturated carbocycles. The summed E-state index contributed by atoms with van der Waals surface area (Å²) in [5.74, 6) is -0.309. The van der Waals surface area contributed by atoms with Gasteiger partial charge in [0.25, 0.3) is 0 Å². The predicted molar refractivity (Wildman–Crippen MR) is 52.6 cm³/mol. The quantitative estimate of drug-likeness (QED) is 0.894. The Kier molecular flexibility index (Phi) is 3.09. The molecule has 11 heavy (non-hydrogen) atoms. The Morgan fingerprint density at radius 2 is 2.27 bits per heavy atom. The molecule has 1 rings (SSSR count). The van der Waals surface area contributed by atoms with Gasteiger partial charge in [0.2, 0.25) is 5.91 Å². The molecule has 0 bridgehead atoms. The van der Waals surface area contributed by atoms with E-state index in [1.165, 1.54) is 11.3 Å². The van der Waals surface area contributed by atoms with E-state index in [1.54, 1.807) is 0 Å². The molecular formula is C6H5Br2NOS. The van der Waals surface area contributed by atoms with Gasteiger partial charge in [-0.2, -0.15) is 0 Å². The van der Waals surface area contributed by atoms with Crippen LogP contribution in [0.3, 0.4) is 0 Å². The summed E-state index contributed by atoms with van der Waals surface area (Å²) in [6.45, 7) is 0. The molecule has 2 nitrogen and oxygen atoms in total. The van der Waals surface area contributed by atoms with Gasteiger partial charge in [-0.05, 0) is 43.5 Å². The normalized spacial score (nSPS) is 10.0. The summed E-state index contributed by atoms with van der Waals surface area (Å²) in [7, 11) is 0. The lowest BCUT2D eigenvalue weighted by Gasteiger charge is -1.90. The first-order chi connectivity index (χ1) is 5.09. The Balaban J connectivity index is 2.85. The Morgan fingerprint density at radius 1 is 1.64 bits per heavy atom. The highest BCUT2D eigenvalue weighted by Crippen LogP contribution is 2.31. The summed E-state index contributed by atoms with van der Waals surface area (Å²) in [5, 5.41) is 0. The minimum atomic E-state index is -0.309. The monoisotopic (exact) mass is 297 g/mol. The van der Waals surface area contributed by atoms with E-state index in [1.807, 2.05) is 6.07 Å². The molecule has 0 radical (unpaired) electrons. The summed E-state index contributed by atoms with van der Waals surface area (Å²) >= 11 is 8.17. The van der Waals surface area contributed by atoms with Gasteiger partial charge in [-0.1, -0.05) is 0 Å². The molecule has 0 aliphatic heterocycles. The molecule has 0 fully saturated rings. The lowest BCUT2D eigenvalue weighted by Crippen LogP contribution is -2.13. The van der Waals surface area contributed by atoms with Crippen molar-refractivity contribution in [1.82, 2.24) is 0 Å². The molecule has 1 amide bonds. The molecule has 1 aromatic heterocycles. The topological polar surface area (TPSA) is 43.1 Å². The molecule has 2 N–H and O–H groups in total. The van der Waals surface area contributed by atoms with Gasteiger partial charge in [0, 0.05) is 0 Å². The largest absolute Gasteiger partial charge is 0.369 e. The van der Waals surface area contributed by atoms with Gasteiger partial charge in [-0.15, -0.1) is 11.3 Å². The Morgan fingerprint density at radius 3 is 2.64 bits per heavy atom. The molecule has 0 saturated heterocycles. The van der Waals surface area contributed by atoms with Crippen LogP contribution in [0.25, 0.3) is 0 Å². The molecular weight excluding hydrogens is 294 g/mol. The van der Waals surface area contributed by atoms with E-state index < -0.39 is 0 Å². The van der Waals surface area contributed by atoms with Crippen LogP contribution in [0.1, 0.15) is 5.56 Å². The summed E-state index contributed by atoms with van der Waals surface area (Å²) < 4.78 is 1.96. The van der Waals surface area contributed by atoms with E-state index in [0.29, 0.717) is 6.42 Å². The summed E-state index contributed by atoms with van der Waals surface area (Å²) in [4.78, 5) is 10.5. The minimum Gasteiger partial charge on any atom is -0.369 e. The second-order valence-corrected chi connectivity index (χ2v) is 5.74. The van der Waals surface area contributed by atoms with Crippen LogP contribution in [0, 0.1) is 0 Å². The van der Waals surface area contributed by atoms with Gasteiger partial charge in [0.05, 0.1) is 14.0 Å². The van der Waals surface area contributed by atoms with E-state index in [9.17, 15) is 4.79 Å². The van der Waals surface area contributed by atoms with Crippen molar-refractivity contribution >= 4 is 49.1 Å². The number of primary amides is 1. The fourth-order valence-electron chi connectivity index (χ4n) is 0.683. The highest BCUT2D eigenvalue weighted by molar-refractivity contribution is 9.12. The van der Waals surface area contributed by atoms with Crippen LogP contribution >= 0.6 is 43.2 Å². The predicted octanol–water partition coefficient (Wildman–Crippen LogP) is 2.30. The molecule has 1 aromatic rings. The first-order valence-electron chi connectivity index (χ1n) is 2.81. The van der Waals surface area contributed by atoms with Crippen molar-refractivity contribution in [1.29, 1.82) is 0 Å². The number of thiophene rings is 1. The smallest absolute Gasteiger partial charge is 0.221 e. The number of carbonyl (C=O) groups excluding carboxylic acids is 1. The van der Waals surface area contributed by atoms with Gasteiger partial charge < -0.3 is 5.73 Å². The van der Waals surface area contributed by atoms with Crippen molar-refractivity contribution < 1.29 is 4.79 Å². The first-order valence-corrected chi connectivity index (χ1v) is 5.22. The first kappa shape index (κ1) is 9.22. The SMILES string of the molecule is NC(=O)Cc1cc(Br)sc1Br. The van der Waals surface area contributed by atoms with Crippen LogP contribution in [0.5, 0.6) is 0 Å². The van der Waals surface area contributed by atoms with Crippen LogP contribution < -0.4 is 5.73 Å². The number of hydrogen-bond acceptors (Lipinski definition) is 2. The molecule has 0 atom stereocenters. The average molecular weight is 299 g/mol. The Hall–Kier alpha value is 0.130. The number of carbonyl (C=O) groups is 1. The van der Waals surface area contributed by atoms with Crippen molar-refractivity contribution in [3.8, 4) is 0 Å². The molecule has 1 heterocycles. The highest BCUT2D eigenvalue weighted by atomic mass is 79.9. The maximum absolute atomic E-state index is 10.5. The van der Waals surface area contributed by atoms with Gasteiger partial charge in [-0.25, -0.2) is 0 Å². The third-order valence-electron chi connectivity index (χ3n) is 1.09. The van der Waals surface area contributed by atoms with Crippen LogP contribution in [0.4, 0.5) is 0 Å². The van der Waals surface area contributed by atoms with Crippen LogP contribution in [-0.2, 0) is 11.2 Å². The summed E-state index contributed by atoms with van der Waals surface area (Å²) in [5.41, 5.74) is 5.97. The van der Waals surface area contributed by atoms with Crippen molar-refractivity contribution in [2.45, 2.75) is 6.42 Å². The maximum atomic E-state index is 10.5. The van der Waals surface area contributed by atoms with Gasteiger partial charge in [0.1, 0.15) is 0 Å². The molecule has 0 aromatic carbocycles. The minimum absolute atomic E-state index is 0.294. The van der Waals surface area contributed by atoms with Crippen molar-refractivity contribution in [3.05, 3.63) is 19.2 Å². The second-order valence-electron chi connectivity index (χ2n) is 1.99. The van der Waals surface area contributed by atoms with Gasteiger partial charge in [-0.3, -0.25) is 4.79 Å². The van der Waals surface area contributed by atoms with Crippen molar-refractivity contribution in [2.24, 2.45) is 5.73 Å². The molecule has 0 aliphatic rings.